The predicted octanol–water partition coefficient (Wildman–Crippen LogP) is 17.2. The highest BCUT2D eigenvalue weighted by Gasteiger charge is 2.37. The van der Waals surface area contributed by atoms with E-state index in [1.54, 1.807) is 0 Å². The quantitative estimate of drug-likeness (QED) is 0.157. The molecule has 10 aromatic carbocycles. The van der Waals surface area contributed by atoms with Crippen LogP contribution in [0.4, 0.5) is 0 Å². The number of hydrogen-bond acceptors (Lipinski definition) is 2. The van der Waals surface area contributed by atoms with Gasteiger partial charge in [0, 0.05) is 51.1 Å². The first kappa shape index (κ1) is 33.4. The summed E-state index contributed by atoms with van der Waals surface area (Å²) < 4.78 is 5.46. The van der Waals surface area contributed by atoms with Gasteiger partial charge in [0.15, 0.2) is 0 Å². The lowest BCUT2D eigenvalue weighted by atomic mass is 9.82. The van der Waals surface area contributed by atoms with E-state index in [0.29, 0.717) is 0 Å². The van der Waals surface area contributed by atoms with Gasteiger partial charge in [-0.3, -0.25) is 0 Å². The molecule has 0 atom stereocenters. The van der Waals surface area contributed by atoms with Crippen LogP contribution < -0.4 is 0 Å². The van der Waals surface area contributed by atoms with E-state index < -0.39 is 0 Å². The third-order valence-electron chi connectivity index (χ3n) is 13.2. The average molecular weight is 785 g/mol. The molecule has 59 heavy (non-hydrogen) atoms. The smallest absolute Gasteiger partial charge is 0.0434 e. The second-order valence-electron chi connectivity index (χ2n) is 16.7. The Morgan fingerprint density at radius 3 is 1.59 bits per heavy atom. The molecule has 0 aliphatic heterocycles. The van der Waals surface area contributed by atoms with E-state index in [1.807, 2.05) is 22.7 Å². The van der Waals surface area contributed by atoms with Gasteiger partial charge < -0.3 is 0 Å². The van der Waals surface area contributed by atoms with Crippen LogP contribution in [0.25, 0.3) is 117 Å². The van der Waals surface area contributed by atoms with Crippen molar-refractivity contribution in [1.29, 1.82) is 0 Å². The minimum absolute atomic E-state index is 0.0557. The van der Waals surface area contributed by atoms with Gasteiger partial charge in [0.1, 0.15) is 0 Å². The molecule has 0 saturated carbocycles. The van der Waals surface area contributed by atoms with Gasteiger partial charge in [0.2, 0.25) is 0 Å². The van der Waals surface area contributed by atoms with Crippen molar-refractivity contribution in [2.45, 2.75) is 19.3 Å². The van der Waals surface area contributed by atoms with Crippen LogP contribution in [0.5, 0.6) is 0 Å². The second-order valence-corrected chi connectivity index (χ2v) is 18.8. The fraction of sp³-hybridized carbons (Fsp3) is 0.0526. The lowest BCUT2D eigenvalue weighted by Gasteiger charge is -2.22. The molecule has 0 saturated heterocycles. The fourth-order valence-electron chi connectivity index (χ4n) is 10.6. The van der Waals surface area contributed by atoms with Crippen molar-refractivity contribution < 1.29 is 0 Å². The standard InChI is InChI=1S/C57H36S2/c1-57(2)49-21-11-9-14-37(49)43-28-29-45-48-32-46(36-13-3-8-20-44(36)55(48)59-56(45)54(43)57)33-23-25-34(26-24-33)52-39-16-4-6-18-41(39)53(42-19-7-5-17-40(42)52)35-27-30-51-47(31-35)38-15-10-12-22-50(38)58-51/h3-32H,1-2H3. The van der Waals surface area contributed by atoms with Crippen molar-refractivity contribution in [1.82, 2.24) is 0 Å². The van der Waals surface area contributed by atoms with Crippen LogP contribution in [-0.2, 0) is 5.41 Å². The Hall–Kier alpha value is -6.58. The van der Waals surface area contributed by atoms with E-state index in [2.05, 4.69) is 196 Å². The van der Waals surface area contributed by atoms with Gasteiger partial charge in [-0.25, -0.2) is 0 Å². The Morgan fingerprint density at radius 1 is 0.322 bits per heavy atom. The number of benzene rings is 10. The first-order valence-corrected chi connectivity index (χ1v) is 22.1. The molecule has 0 bridgehead atoms. The minimum atomic E-state index is -0.0557. The molecule has 1 aliphatic rings. The van der Waals surface area contributed by atoms with Crippen LogP contribution >= 0.6 is 22.7 Å². The molecule has 0 N–H and O–H groups in total. The summed E-state index contributed by atoms with van der Waals surface area (Å²) in [4.78, 5) is 0. The van der Waals surface area contributed by atoms with Crippen LogP contribution in [0, 0.1) is 0 Å². The third-order valence-corrected chi connectivity index (χ3v) is 15.7. The summed E-state index contributed by atoms with van der Waals surface area (Å²) in [5, 5.41) is 13.1. The molecule has 13 rings (SSSR count). The average Bonchev–Trinajstić information content (AvgIpc) is 3.92. The van der Waals surface area contributed by atoms with Crippen molar-refractivity contribution >= 4 is 95.3 Å². The first-order chi connectivity index (χ1) is 29.0. The zero-order valence-corrected chi connectivity index (χ0v) is 34.3. The van der Waals surface area contributed by atoms with Crippen molar-refractivity contribution in [3.05, 3.63) is 193 Å². The highest BCUT2D eigenvalue weighted by atomic mass is 32.1. The van der Waals surface area contributed by atoms with E-state index in [-0.39, 0.29) is 5.41 Å². The molecule has 0 fully saturated rings. The predicted molar refractivity (Wildman–Crippen MR) is 259 cm³/mol. The number of hydrogen-bond donors (Lipinski definition) is 0. The number of rotatable bonds is 3. The highest BCUT2D eigenvalue weighted by Crippen LogP contribution is 2.55. The Bertz CT molecular complexity index is 3690. The molecule has 0 radical (unpaired) electrons. The molecule has 2 heteroatoms. The normalized spacial score (nSPS) is 13.4. The highest BCUT2D eigenvalue weighted by molar-refractivity contribution is 7.27. The second kappa shape index (κ2) is 12.2. The summed E-state index contributed by atoms with van der Waals surface area (Å²) in [7, 11) is 0. The number of fused-ring (bicyclic) bond motifs is 14. The third kappa shape index (κ3) is 4.65. The molecule has 0 amide bonds. The maximum absolute atomic E-state index is 2.47. The van der Waals surface area contributed by atoms with Crippen LogP contribution in [0.1, 0.15) is 25.0 Å². The van der Waals surface area contributed by atoms with E-state index >= 15 is 0 Å². The molecular formula is C57H36S2. The summed E-state index contributed by atoms with van der Waals surface area (Å²) in [6.45, 7) is 4.80. The largest absolute Gasteiger partial charge is 0.135 e. The lowest BCUT2D eigenvalue weighted by molar-refractivity contribution is 0.667. The van der Waals surface area contributed by atoms with Crippen LogP contribution in [-0.4, -0.2) is 0 Å². The lowest BCUT2D eigenvalue weighted by Crippen LogP contribution is -2.14. The summed E-state index contributed by atoms with van der Waals surface area (Å²) in [5.41, 5.74) is 13.2. The fourth-order valence-corrected chi connectivity index (χ4v) is 13.2. The Balaban J connectivity index is 0.988. The maximum Gasteiger partial charge on any atom is 0.0434 e. The monoisotopic (exact) mass is 784 g/mol. The summed E-state index contributed by atoms with van der Waals surface area (Å²) >= 11 is 3.85. The summed E-state index contributed by atoms with van der Waals surface area (Å²) in [5.74, 6) is 0. The van der Waals surface area contributed by atoms with Gasteiger partial charge in [-0.1, -0.05) is 172 Å². The maximum atomic E-state index is 2.47. The van der Waals surface area contributed by atoms with Gasteiger partial charge in [0.25, 0.3) is 0 Å². The molecular weight excluding hydrogens is 749 g/mol. The Labute approximate surface area is 350 Å². The molecule has 2 heterocycles. The molecule has 1 aliphatic carbocycles. The van der Waals surface area contributed by atoms with E-state index in [1.165, 1.54) is 128 Å². The van der Waals surface area contributed by atoms with Crippen molar-refractivity contribution in [3.8, 4) is 44.5 Å². The minimum Gasteiger partial charge on any atom is -0.135 e. The van der Waals surface area contributed by atoms with Gasteiger partial charge in [-0.05, 0) is 107 Å². The van der Waals surface area contributed by atoms with Crippen LogP contribution in [0.2, 0.25) is 0 Å². The topological polar surface area (TPSA) is 0 Å². The van der Waals surface area contributed by atoms with Gasteiger partial charge in [-0.2, -0.15) is 0 Å². The van der Waals surface area contributed by atoms with Crippen LogP contribution in [0.3, 0.4) is 0 Å². The van der Waals surface area contributed by atoms with E-state index in [9.17, 15) is 0 Å². The van der Waals surface area contributed by atoms with Crippen LogP contribution in [0.15, 0.2) is 182 Å². The van der Waals surface area contributed by atoms with Crippen molar-refractivity contribution in [2.24, 2.45) is 0 Å². The Morgan fingerprint density at radius 2 is 0.864 bits per heavy atom. The summed E-state index contributed by atoms with van der Waals surface area (Å²) in [6, 6.07) is 68.5. The molecule has 276 valence electrons. The van der Waals surface area contributed by atoms with Gasteiger partial charge in [0.05, 0.1) is 0 Å². The number of thiophene rings is 2. The van der Waals surface area contributed by atoms with Crippen molar-refractivity contribution in [2.75, 3.05) is 0 Å². The zero-order valence-electron chi connectivity index (χ0n) is 32.6. The van der Waals surface area contributed by atoms with Crippen molar-refractivity contribution in [3.63, 3.8) is 0 Å². The molecule has 0 spiro atoms. The Kier molecular flexibility index (Phi) is 6.92. The van der Waals surface area contributed by atoms with E-state index in [4.69, 9.17) is 0 Å². The van der Waals surface area contributed by atoms with Gasteiger partial charge >= 0.3 is 0 Å². The first-order valence-electron chi connectivity index (χ1n) is 20.5. The molecule has 0 unspecified atom stereocenters. The molecule has 0 nitrogen and oxygen atoms in total. The van der Waals surface area contributed by atoms with E-state index in [0.717, 1.165) is 0 Å². The van der Waals surface area contributed by atoms with Gasteiger partial charge in [-0.15, -0.1) is 22.7 Å². The molecule has 2 aromatic heterocycles. The molecule has 12 aromatic rings. The SMILES string of the molecule is CC1(C)c2ccccc2-c2ccc3c(sc4c5ccccc5c(-c5ccc(-c6c7ccccc7c(-c7ccc8sc9ccccc9c8c7)c7ccccc67)cc5)cc34)c21. The zero-order chi connectivity index (χ0) is 39.0. The summed E-state index contributed by atoms with van der Waals surface area (Å²) in [6.07, 6.45) is 0.